The Hall–Kier alpha value is -1.98. The zero-order valence-electron chi connectivity index (χ0n) is 16.1. The molecule has 0 amide bonds. The second-order valence-electron chi connectivity index (χ2n) is 7.25. The third kappa shape index (κ3) is 3.21. The lowest BCUT2D eigenvalue weighted by Gasteiger charge is -2.30. The third-order valence-corrected chi connectivity index (χ3v) is 6.41. The number of pyridine rings is 1. The number of thioether (sulfide) groups is 1. The fraction of sp³-hybridized carbons (Fsp3) is 0.381. The van der Waals surface area contributed by atoms with E-state index in [1.807, 2.05) is 11.8 Å². The summed E-state index contributed by atoms with van der Waals surface area (Å²) in [6.45, 7) is 8.84. The molecule has 1 saturated heterocycles. The van der Waals surface area contributed by atoms with E-state index in [4.69, 9.17) is 0 Å². The van der Waals surface area contributed by atoms with Gasteiger partial charge in [-0.3, -0.25) is 0 Å². The Bertz CT molecular complexity index is 830. The summed E-state index contributed by atoms with van der Waals surface area (Å²) in [6, 6.07) is 13.2. The van der Waals surface area contributed by atoms with E-state index >= 15 is 0 Å². The molecule has 4 nitrogen and oxygen atoms in total. The minimum Gasteiger partial charge on any atom is -0.338 e. The molecule has 0 unspecified atom stereocenters. The van der Waals surface area contributed by atoms with Crippen molar-refractivity contribution >= 4 is 23.5 Å². The number of benzene rings is 1. The van der Waals surface area contributed by atoms with Crippen LogP contribution >= 0.6 is 11.8 Å². The SMILES string of the molecule is Cc1cc(/C=C2/Sc3ccccc3N2C)cc(C)[n+]1N1CCN(C)CC1. The van der Waals surface area contributed by atoms with Crippen molar-refractivity contribution in [3.05, 3.63) is 58.4 Å². The molecule has 2 aliphatic heterocycles. The highest BCUT2D eigenvalue weighted by molar-refractivity contribution is 8.03. The molecular formula is C21H27N4S+. The number of anilines is 1. The molecule has 0 N–H and O–H groups in total. The van der Waals surface area contributed by atoms with Gasteiger partial charge in [-0.05, 0) is 30.8 Å². The first-order valence-corrected chi connectivity index (χ1v) is 10.0. The number of aryl methyl sites for hydroxylation is 2. The van der Waals surface area contributed by atoms with Crippen LogP contribution in [0.15, 0.2) is 46.3 Å². The molecule has 136 valence electrons. The number of fused-ring (bicyclic) bond motifs is 1. The Morgan fingerprint density at radius 3 is 2.27 bits per heavy atom. The van der Waals surface area contributed by atoms with Crippen LogP contribution < -0.4 is 14.6 Å². The van der Waals surface area contributed by atoms with E-state index in [2.05, 4.69) is 89.9 Å². The summed E-state index contributed by atoms with van der Waals surface area (Å²) in [7, 11) is 4.35. The van der Waals surface area contributed by atoms with Crippen LogP contribution in [0, 0.1) is 13.8 Å². The fourth-order valence-electron chi connectivity index (χ4n) is 3.84. The Morgan fingerprint density at radius 2 is 1.62 bits per heavy atom. The maximum Gasteiger partial charge on any atom is 0.209 e. The molecule has 1 fully saturated rings. The Labute approximate surface area is 160 Å². The maximum atomic E-state index is 2.47. The van der Waals surface area contributed by atoms with Gasteiger partial charge in [-0.1, -0.05) is 28.6 Å². The van der Waals surface area contributed by atoms with E-state index in [9.17, 15) is 0 Å². The van der Waals surface area contributed by atoms with Crippen molar-refractivity contribution in [2.75, 3.05) is 50.2 Å². The quantitative estimate of drug-likeness (QED) is 0.757. The van der Waals surface area contributed by atoms with Crippen LogP contribution in [0.4, 0.5) is 5.69 Å². The van der Waals surface area contributed by atoms with Crippen LogP contribution in [0.5, 0.6) is 0 Å². The van der Waals surface area contributed by atoms with Crippen LogP contribution in [0.3, 0.4) is 0 Å². The number of nitrogens with zero attached hydrogens (tertiary/aromatic N) is 4. The Kier molecular flexibility index (Phi) is 4.67. The lowest BCUT2D eigenvalue weighted by atomic mass is 10.2. The first kappa shape index (κ1) is 17.4. The van der Waals surface area contributed by atoms with Crippen LogP contribution in [-0.2, 0) is 0 Å². The second-order valence-corrected chi connectivity index (χ2v) is 8.31. The van der Waals surface area contributed by atoms with Gasteiger partial charge in [0.05, 0.1) is 23.8 Å². The summed E-state index contributed by atoms with van der Waals surface area (Å²) < 4.78 is 2.38. The van der Waals surface area contributed by atoms with Crippen molar-refractivity contribution in [2.45, 2.75) is 18.7 Å². The van der Waals surface area contributed by atoms with E-state index in [0.29, 0.717) is 0 Å². The standard InChI is InChI=1S/C21H27N4S/c1-16-13-18(14-17(2)25(16)24-11-9-22(3)10-12-24)15-21-23(4)19-7-5-6-8-20(19)26-21/h5-8,13-15H,9-12H2,1-4H3/q+1. The molecule has 0 radical (unpaired) electrons. The summed E-state index contributed by atoms with van der Waals surface area (Å²) in [5, 5.41) is 3.75. The van der Waals surface area contributed by atoms with Crippen LogP contribution in [0.1, 0.15) is 17.0 Å². The normalized spacial score (nSPS) is 19.3. The van der Waals surface area contributed by atoms with Gasteiger partial charge < -0.3 is 9.80 Å². The minimum atomic E-state index is 1.08. The molecule has 0 bridgehead atoms. The van der Waals surface area contributed by atoms with Crippen molar-refractivity contribution in [1.82, 2.24) is 4.90 Å². The number of aromatic nitrogens is 1. The number of para-hydroxylation sites is 1. The summed E-state index contributed by atoms with van der Waals surface area (Å²) >= 11 is 1.85. The highest BCUT2D eigenvalue weighted by atomic mass is 32.2. The second kappa shape index (κ2) is 6.97. The zero-order chi connectivity index (χ0) is 18.3. The molecule has 1 aromatic heterocycles. The van der Waals surface area contributed by atoms with Crippen LogP contribution in [0.2, 0.25) is 0 Å². The summed E-state index contributed by atoms with van der Waals surface area (Å²) in [5.41, 5.74) is 5.15. The fourth-order valence-corrected chi connectivity index (χ4v) is 4.95. The zero-order valence-corrected chi connectivity index (χ0v) is 16.9. The molecule has 4 rings (SSSR count). The van der Waals surface area contributed by atoms with Gasteiger partial charge in [0, 0.05) is 51.0 Å². The lowest BCUT2D eigenvalue weighted by molar-refractivity contribution is -0.706. The number of piperazine rings is 1. The molecule has 2 aliphatic rings. The summed E-state index contributed by atoms with van der Waals surface area (Å²) in [5.74, 6) is 0. The first-order chi connectivity index (χ1) is 12.5. The smallest absolute Gasteiger partial charge is 0.209 e. The molecule has 0 saturated carbocycles. The topological polar surface area (TPSA) is 13.6 Å². The average molecular weight is 368 g/mol. The summed E-state index contributed by atoms with van der Waals surface area (Å²) in [6.07, 6.45) is 2.30. The van der Waals surface area contributed by atoms with Crippen molar-refractivity contribution < 1.29 is 4.68 Å². The monoisotopic (exact) mass is 367 g/mol. The van der Waals surface area contributed by atoms with Gasteiger partial charge in [0.2, 0.25) is 11.4 Å². The number of hydrogen-bond acceptors (Lipinski definition) is 4. The van der Waals surface area contributed by atoms with E-state index in [1.54, 1.807) is 0 Å². The maximum absolute atomic E-state index is 2.47. The van der Waals surface area contributed by atoms with Crippen LogP contribution in [-0.4, -0.2) is 45.2 Å². The van der Waals surface area contributed by atoms with Gasteiger partial charge in [-0.2, -0.15) is 5.01 Å². The number of rotatable bonds is 2. The largest absolute Gasteiger partial charge is 0.338 e. The van der Waals surface area contributed by atoms with Crippen molar-refractivity contribution in [1.29, 1.82) is 0 Å². The first-order valence-electron chi connectivity index (χ1n) is 9.22. The van der Waals surface area contributed by atoms with E-state index in [0.717, 1.165) is 26.2 Å². The third-order valence-electron chi connectivity index (χ3n) is 5.24. The van der Waals surface area contributed by atoms with Gasteiger partial charge in [-0.15, -0.1) is 0 Å². The molecule has 26 heavy (non-hydrogen) atoms. The highest BCUT2D eigenvalue weighted by Gasteiger charge is 2.25. The molecule has 0 atom stereocenters. The Morgan fingerprint density at radius 1 is 0.962 bits per heavy atom. The summed E-state index contributed by atoms with van der Waals surface area (Å²) in [4.78, 5) is 6.01. The lowest BCUT2D eigenvalue weighted by Crippen LogP contribution is -2.66. The van der Waals surface area contributed by atoms with Gasteiger partial charge >= 0.3 is 0 Å². The van der Waals surface area contributed by atoms with Gasteiger partial charge in [0.1, 0.15) is 0 Å². The number of hydrogen-bond donors (Lipinski definition) is 0. The highest BCUT2D eigenvalue weighted by Crippen LogP contribution is 2.45. The molecule has 3 heterocycles. The number of likely N-dealkylation sites (N-methyl/N-ethyl adjacent to an activating group) is 1. The van der Waals surface area contributed by atoms with Gasteiger partial charge in [0.15, 0.2) is 0 Å². The van der Waals surface area contributed by atoms with E-state index in [1.165, 1.54) is 32.6 Å². The molecule has 0 spiro atoms. The van der Waals surface area contributed by atoms with Crippen molar-refractivity contribution in [3.8, 4) is 0 Å². The molecular weight excluding hydrogens is 340 g/mol. The Balaban J connectivity index is 1.61. The van der Waals surface area contributed by atoms with Crippen molar-refractivity contribution in [2.24, 2.45) is 0 Å². The predicted molar refractivity (Wildman–Crippen MR) is 110 cm³/mol. The van der Waals surface area contributed by atoms with Gasteiger partial charge in [0.25, 0.3) is 0 Å². The molecule has 1 aromatic carbocycles. The van der Waals surface area contributed by atoms with Gasteiger partial charge in [-0.25, -0.2) is 0 Å². The van der Waals surface area contributed by atoms with E-state index < -0.39 is 0 Å². The average Bonchev–Trinajstić information content (AvgIpc) is 2.92. The molecule has 0 aliphatic carbocycles. The van der Waals surface area contributed by atoms with Crippen LogP contribution in [0.25, 0.3) is 6.08 Å². The molecule has 2 aromatic rings. The van der Waals surface area contributed by atoms with Crippen molar-refractivity contribution in [3.63, 3.8) is 0 Å². The van der Waals surface area contributed by atoms with E-state index in [-0.39, 0.29) is 0 Å². The predicted octanol–water partition coefficient (Wildman–Crippen LogP) is 3.01. The minimum absolute atomic E-state index is 1.08. The molecule has 5 heteroatoms.